The predicted octanol–water partition coefficient (Wildman–Crippen LogP) is 4.74. The van der Waals surface area contributed by atoms with E-state index in [-0.39, 0.29) is 32.0 Å². The molecule has 2 aliphatic rings. The minimum Gasteiger partial charge on any atom is -0.375 e. The molecular formula is C27H36F2N4O. The van der Waals surface area contributed by atoms with Crippen LogP contribution in [-0.4, -0.2) is 48.0 Å². The number of hydrazine groups is 1. The van der Waals surface area contributed by atoms with Crippen molar-refractivity contribution in [2.24, 2.45) is 11.7 Å². The lowest BCUT2D eigenvalue weighted by Crippen LogP contribution is -2.57. The molecule has 0 bridgehead atoms. The van der Waals surface area contributed by atoms with Crippen LogP contribution in [0.5, 0.6) is 0 Å². The number of nitrogens with one attached hydrogen (secondary N) is 1. The summed E-state index contributed by atoms with van der Waals surface area (Å²) in [7, 11) is 0. The number of H-pyrrole nitrogens is 1. The molecule has 2 aromatic carbocycles. The third-order valence-corrected chi connectivity index (χ3v) is 7.07. The summed E-state index contributed by atoms with van der Waals surface area (Å²) in [6, 6.07) is 17.3. The van der Waals surface area contributed by atoms with Crippen LogP contribution in [0.15, 0.2) is 48.5 Å². The topological polar surface area (TPSA) is 80.3 Å². The molecule has 2 aliphatic heterocycles. The smallest absolute Gasteiger partial charge is 0.169 e. The first kappa shape index (κ1) is 24.8. The summed E-state index contributed by atoms with van der Waals surface area (Å²) in [5, 5.41) is 1.27. The van der Waals surface area contributed by atoms with Crippen LogP contribution in [0.4, 0.5) is 8.78 Å². The van der Waals surface area contributed by atoms with Crippen molar-refractivity contribution in [3.05, 3.63) is 70.9 Å². The van der Waals surface area contributed by atoms with Gasteiger partial charge in [-0.3, -0.25) is 21.0 Å². The first-order valence-electron chi connectivity index (χ1n) is 12.2. The number of alkyl halides is 2. The quantitative estimate of drug-likeness (QED) is 0.252. The van der Waals surface area contributed by atoms with Crippen molar-refractivity contribution in [1.29, 1.82) is 0 Å². The normalized spacial score (nSPS) is 21.4. The monoisotopic (exact) mass is 470 g/mol. The van der Waals surface area contributed by atoms with Gasteiger partial charge in [0.05, 0.1) is 25.9 Å². The Morgan fingerprint density at radius 2 is 1.88 bits per heavy atom. The van der Waals surface area contributed by atoms with Gasteiger partial charge >= 0.3 is 0 Å². The van der Waals surface area contributed by atoms with E-state index >= 15 is 4.39 Å². The Kier molecular flexibility index (Phi) is 7.99. The molecule has 0 saturated carbocycles. The summed E-state index contributed by atoms with van der Waals surface area (Å²) in [4.78, 5) is 6.00. The van der Waals surface area contributed by atoms with E-state index in [4.69, 9.17) is 4.74 Å². The molecule has 34 heavy (non-hydrogen) atoms. The average Bonchev–Trinajstić information content (AvgIpc) is 3.20. The van der Waals surface area contributed by atoms with Crippen molar-refractivity contribution in [1.82, 2.24) is 9.88 Å². The van der Waals surface area contributed by atoms with E-state index in [9.17, 15) is 4.39 Å². The number of aryl methyl sites for hydroxylation is 1. The third-order valence-electron chi connectivity index (χ3n) is 7.07. The van der Waals surface area contributed by atoms with Crippen molar-refractivity contribution < 1.29 is 13.5 Å². The SMILES string of the molecule is C[C@@H]1Cc2c([nH]c3ccccc23)[C@@H](c2cccc(CCCCCF)c2)N1CC1(F)COC1.NN. The molecule has 1 saturated heterocycles. The summed E-state index contributed by atoms with van der Waals surface area (Å²) in [5.74, 6) is 8.00. The lowest BCUT2D eigenvalue weighted by molar-refractivity contribution is -0.147. The molecule has 3 aromatic rings. The zero-order valence-corrected chi connectivity index (χ0v) is 19.9. The fourth-order valence-electron chi connectivity index (χ4n) is 5.37. The molecule has 0 spiro atoms. The fourth-order valence-corrected chi connectivity index (χ4v) is 5.37. The van der Waals surface area contributed by atoms with Crippen molar-refractivity contribution in [2.75, 3.05) is 26.4 Å². The summed E-state index contributed by atoms with van der Waals surface area (Å²) in [6.07, 6.45) is 4.36. The van der Waals surface area contributed by atoms with Gasteiger partial charge in [-0.15, -0.1) is 0 Å². The molecular weight excluding hydrogens is 434 g/mol. The number of para-hydroxylation sites is 1. The molecule has 1 fully saturated rings. The van der Waals surface area contributed by atoms with Crippen molar-refractivity contribution >= 4 is 10.9 Å². The number of ether oxygens (including phenoxy) is 1. The largest absolute Gasteiger partial charge is 0.375 e. The van der Waals surface area contributed by atoms with E-state index in [0.29, 0.717) is 13.0 Å². The second-order valence-corrected chi connectivity index (χ2v) is 9.58. The predicted molar refractivity (Wildman–Crippen MR) is 133 cm³/mol. The Balaban J connectivity index is 0.00000133. The van der Waals surface area contributed by atoms with Crippen molar-refractivity contribution in [2.45, 2.75) is 56.8 Å². The highest BCUT2D eigenvalue weighted by atomic mass is 19.1. The Labute approximate surface area is 200 Å². The molecule has 2 atom stereocenters. The summed E-state index contributed by atoms with van der Waals surface area (Å²) in [5.41, 5.74) is 4.85. The van der Waals surface area contributed by atoms with E-state index in [2.05, 4.69) is 77.0 Å². The van der Waals surface area contributed by atoms with Crippen molar-refractivity contribution in [3.63, 3.8) is 0 Å². The maximum atomic E-state index is 15.2. The second kappa shape index (κ2) is 11.0. The molecule has 0 radical (unpaired) electrons. The zero-order chi connectivity index (χ0) is 24.1. The summed E-state index contributed by atoms with van der Waals surface area (Å²) in [6.45, 7) is 2.69. The highest BCUT2D eigenvalue weighted by Gasteiger charge is 2.45. The molecule has 0 unspecified atom stereocenters. The Hall–Kier alpha value is -2.32. The van der Waals surface area contributed by atoms with Gasteiger partial charge in [0.25, 0.3) is 0 Å². The van der Waals surface area contributed by atoms with Gasteiger partial charge in [0.2, 0.25) is 0 Å². The fraction of sp³-hybridized carbons (Fsp3) is 0.481. The van der Waals surface area contributed by atoms with Gasteiger partial charge < -0.3 is 9.72 Å². The Morgan fingerprint density at radius 3 is 2.62 bits per heavy atom. The summed E-state index contributed by atoms with van der Waals surface area (Å²) >= 11 is 0. The lowest BCUT2D eigenvalue weighted by Gasteiger charge is -2.46. The molecule has 1 aromatic heterocycles. The number of halogens is 2. The lowest BCUT2D eigenvalue weighted by atomic mass is 9.86. The maximum absolute atomic E-state index is 15.2. The average molecular weight is 471 g/mol. The molecule has 0 amide bonds. The number of benzene rings is 2. The van der Waals surface area contributed by atoms with E-state index in [1.807, 2.05) is 0 Å². The first-order chi connectivity index (χ1) is 16.6. The van der Waals surface area contributed by atoms with Gasteiger partial charge in [-0.1, -0.05) is 48.9 Å². The number of nitrogens with two attached hydrogens (primary N) is 2. The van der Waals surface area contributed by atoms with Gasteiger partial charge in [0.1, 0.15) is 0 Å². The number of nitrogens with zero attached hydrogens (tertiary/aromatic N) is 1. The van der Waals surface area contributed by atoms with Crippen LogP contribution in [0.25, 0.3) is 10.9 Å². The van der Waals surface area contributed by atoms with Gasteiger partial charge in [-0.2, -0.15) is 0 Å². The van der Waals surface area contributed by atoms with E-state index in [1.54, 1.807) is 0 Å². The van der Waals surface area contributed by atoms with Gasteiger partial charge in [0, 0.05) is 29.2 Å². The van der Waals surface area contributed by atoms with Crippen molar-refractivity contribution in [3.8, 4) is 0 Å². The Bertz CT molecular complexity index is 1080. The van der Waals surface area contributed by atoms with Gasteiger partial charge in [0.15, 0.2) is 5.67 Å². The van der Waals surface area contributed by atoms with E-state index in [0.717, 1.165) is 31.2 Å². The summed E-state index contributed by atoms with van der Waals surface area (Å²) < 4.78 is 32.9. The first-order valence-corrected chi connectivity index (χ1v) is 12.2. The van der Waals surface area contributed by atoms with Gasteiger partial charge in [-0.05, 0) is 55.4 Å². The standard InChI is InChI=1S/C27H32F2N2O.H4N2/c1-19-14-23-22-11-4-5-12-24(22)30-25(23)26(31(19)16-27(29)17-32-18-27)21-10-7-9-20(15-21)8-3-2-6-13-28;1-2/h4-5,7,9-12,15,19,26,30H,2-3,6,8,13-14,16-18H2,1H3;1-2H2/t19-,26-;/m1./s1. The van der Waals surface area contributed by atoms with E-state index in [1.165, 1.54) is 27.8 Å². The van der Waals surface area contributed by atoms with Crippen LogP contribution in [-0.2, 0) is 17.6 Å². The number of aromatic nitrogens is 1. The molecule has 5 N–H and O–H groups in total. The second-order valence-electron chi connectivity index (χ2n) is 9.58. The van der Waals surface area contributed by atoms with Crippen LogP contribution in [0.2, 0.25) is 0 Å². The number of unbranched alkanes of at least 4 members (excludes halogenated alkanes) is 2. The maximum Gasteiger partial charge on any atom is 0.169 e. The van der Waals surface area contributed by atoms with Crippen LogP contribution >= 0.6 is 0 Å². The molecule has 5 rings (SSSR count). The number of aromatic amines is 1. The minimum atomic E-state index is -1.28. The molecule has 3 heterocycles. The third kappa shape index (κ3) is 5.03. The molecule has 184 valence electrons. The Morgan fingerprint density at radius 1 is 1.09 bits per heavy atom. The number of hydrogen-bond acceptors (Lipinski definition) is 4. The number of rotatable bonds is 8. The highest BCUT2D eigenvalue weighted by molar-refractivity contribution is 5.85. The van der Waals surface area contributed by atoms with Crippen LogP contribution in [0, 0.1) is 0 Å². The number of hydrogen-bond donors (Lipinski definition) is 3. The molecule has 5 nitrogen and oxygen atoms in total. The zero-order valence-electron chi connectivity index (χ0n) is 19.9. The van der Waals surface area contributed by atoms with Crippen LogP contribution in [0.3, 0.4) is 0 Å². The van der Waals surface area contributed by atoms with Gasteiger partial charge in [-0.25, -0.2) is 4.39 Å². The van der Waals surface area contributed by atoms with Crippen LogP contribution < -0.4 is 11.7 Å². The van der Waals surface area contributed by atoms with E-state index < -0.39 is 5.67 Å². The highest BCUT2D eigenvalue weighted by Crippen LogP contribution is 2.42. The minimum absolute atomic E-state index is 0.0276. The molecule has 7 heteroatoms. The molecule has 0 aliphatic carbocycles. The number of fused-ring (bicyclic) bond motifs is 3. The van der Waals surface area contributed by atoms with Crippen LogP contribution in [0.1, 0.15) is 54.6 Å².